The molecule has 0 rings (SSSR count). The van der Waals surface area contributed by atoms with Gasteiger partial charge in [0, 0.05) is 6.42 Å². The van der Waals surface area contributed by atoms with E-state index in [1.807, 2.05) is 27.2 Å². The average molecular weight is 946 g/mol. The van der Waals surface area contributed by atoms with Crippen molar-refractivity contribution in [1.29, 1.82) is 0 Å². The van der Waals surface area contributed by atoms with Crippen LogP contribution in [-0.4, -0.2) is 73.4 Å². The fourth-order valence-electron chi connectivity index (χ4n) is 7.62. The standard InChI is InChI=1S/C57H105N2O6P/c1-6-8-10-12-14-16-18-20-22-23-24-25-26-27-28-29-30-31-32-33-34-35-37-38-40-42-44-46-48-50-56(60)55(54-65-66(62,63)64-53-52-59(3,4)5)58-57(61)51-49-47-45-43-41-39-36-21-19-17-15-13-11-9-7-2/h9,11,15,17,21,34-36,40,42,48,50,55-56,60H,6-8,10,12-14,16,18-20,22-33,37-39,41,43-47,49,51-54H2,1-5H3,(H-,58,61,62,63)/p+1/b11-9-,17-15-,35-34+,36-21-,42-40+,50-48+. The molecular formula is C57H106N2O6P+. The molecule has 0 spiro atoms. The summed E-state index contributed by atoms with van der Waals surface area (Å²) >= 11 is 0. The number of aliphatic hydroxyl groups is 1. The molecule has 8 nitrogen and oxygen atoms in total. The number of phosphoric acid groups is 1. The van der Waals surface area contributed by atoms with Crippen molar-refractivity contribution in [3.05, 3.63) is 72.9 Å². The van der Waals surface area contributed by atoms with E-state index in [1.165, 1.54) is 128 Å². The smallest absolute Gasteiger partial charge is 0.387 e. The van der Waals surface area contributed by atoms with Gasteiger partial charge < -0.3 is 19.8 Å². The Kier molecular flexibility index (Phi) is 46.5. The fraction of sp³-hybridized carbons (Fsp3) is 0.772. The summed E-state index contributed by atoms with van der Waals surface area (Å²) in [5.41, 5.74) is 0. The summed E-state index contributed by atoms with van der Waals surface area (Å²) in [6.45, 7) is 4.66. The molecule has 0 fully saturated rings. The number of allylic oxidation sites excluding steroid dienone is 11. The molecule has 0 radical (unpaired) electrons. The first-order valence-electron chi connectivity index (χ1n) is 27.3. The van der Waals surface area contributed by atoms with E-state index < -0.39 is 20.0 Å². The fourth-order valence-corrected chi connectivity index (χ4v) is 8.35. The lowest BCUT2D eigenvalue weighted by molar-refractivity contribution is -0.870. The Balaban J connectivity index is 4.28. The number of unbranched alkanes of at least 4 members (excludes halogenated alkanes) is 26. The van der Waals surface area contributed by atoms with Gasteiger partial charge >= 0.3 is 7.82 Å². The predicted molar refractivity (Wildman–Crippen MR) is 286 cm³/mol. The van der Waals surface area contributed by atoms with Crippen LogP contribution in [0.2, 0.25) is 0 Å². The van der Waals surface area contributed by atoms with E-state index in [0.29, 0.717) is 17.4 Å². The van der Waals surface area contributed by atoms with Crippen LogP contribution in [0.4, 0.5) is 0 Å². The molecule has 384 valence electrons. The van der Waals surface area contributed by atoms with E-state index in [-0.39, 0.29) is 19.1 Å². The van der Waals surface area contributed by atoms with E-state index in [4.69, 9.17) is 9.05 Å². The Bertz CT molecular complexity index is 1300. The van der Waals surface area contributed by atoms with E-state index >= 15 is 0 Å². The quantitative estimate of drug-likeness (QED) is 0.0243. The zero-order chi connectivity index (χ0) is 48.5. The average Bonchev–Trinajstić information content (AvgIpc) is 3.28. The molecular weight excluding hydrogens is 840 g/mol. The van der Waals surface area contributed by atoms with Gasteiger partial charge in [-0.1, -0.05) is 222 Å². The summed E-state index contributed by atoms with van der Waals surface area (Å²) in [4.78, 5) is 23.2. The number of rotatable bonds is 49. The third-order valence-electron chi connectivity index (χ3n) is 11.9. The molecule has 3 atom stereocenters. The number of aliphatic hydroxyl groups excluding tert-OH is 1. The molecule has 3 unspecified atom stereocenters. The van der Waals surface area contributed by atoms with Gasteiger partial charge in [0.2, 0.25) is 5.91 Å². The zero-order valence-corrected chi connectivity index (χ0v) is 44.6. The molecule has 1 amide bonds. The van der Waals surface area contributed by atoms with Gasteiger partial charge in [0.1, 0.15) is 13.2 Å². The maximum absolute atomic E-state index is 12.9. The first-order valence-corrected chi connectivity index (χ1v) is 28.8. The van der Waals surface area contributed by atoms with Gasteiger partial charge in [-0.05, 0) is 77.0 Å². The second kappa shape index (κ2) is 48.0. The van der Waals surface area contributed by atoms with Gasteiger partial charge in [0.15, 0.2) is 0 Å². The lowest BCUT2D eigenvalue weighted by Crippen LogP contribution is -2.45. The number of hydrogen-bond donors (Lipinski definition) is 3. The zero-order valence-electron chi connectivity index (χ0n) is 43.7. The minimum atomic E-state index is -4.36. The van der Waals surface area contributed by atoms with E-state index in [0.717, 1.165) is 83.5 Å². The minimum absolute atomic E-state index is 0.0467. The first-order chi connectivity index (χ1) is 32.0. The van der Waals surface area contributed by atoms with Gasteiger partial charge in [0.05, 0.1) is 39.9 Å². The Morgan fingerprint density at radius 2 is 0.924 bits per heavy atom. The van der Waals surface area contributed by atoms with Crippen LogP contribution in [-0.2, 0) is 18.4 Å². The van der Waals surface area contributed by atoms with Crippen LogP contribution in [0.5, 0.6) is 0 Å². The molecule has 66 heavy (non-hydrogen) atoms. The number of carbonyl (C=O) groups excluding carboxylic acids is 1. The van der Waals surface area contributed by atoms with Crippen molar-refractivity contribution in [2.45, 2.75) is 244 Å². The van der Waals surface area contributed by atoms with Crippen molar-refractivity contribution in [2.75, 3.05) is 40.9 Å². The van der Waals surface area contributed by atoms with Crippen LogP contribution in [0, 0.1) is 0 Å². The van der Waals surface area contributed by atoms with Crippen LogP contribution in [0.15, 0.2) is 72.9 Å². The van der Waals surface area contributed by atoms with Gasteiger partial charge in [-0.15, -0.1) is 0 Å². The second-order valence-corrected chi connectivity index (χ2v) is 21.0. The van der Waals surface area contributed by atoms with Crippen molar-refractivity contribution in [3.63, 3.8) is 0 Å². The highest BCUT2D eigenvalue weighted by Crippen LogP contribution is 2.43. The molecule has 0 aliphatic carbocycles. The van der Waals surface area contributed by atoms with Crippen molar-refractivity contribution >= 4 is 13.7 Å². The molecule has 0 aromatic carbocycles. The predicted octanol–water partition coefficient (Wildman–Crippen LogP) is 16.3. The minimum Gasteiger partial charge on any atom is -0.387 e. The van der Waals surface area contributed by atoms with E-state index in [2.05, 4.69) is 79.9 Å². The molecule has 0 aromatic rings. The summed E-state index contributed by atoms with van der Waals surface area (Å²) in [5, 5.41) is 13.9. The number of hydrogen-bond acceptors (Lipinski definition) is 5. The molecule has 0 aliphatic heterocycles. The number of carbonyl (C=O) groups is 1. The third-order valence-corrected chi connectivity index (χ3v) is 12.9. The van der Waals surface area contributed by atoms with Crippen LogP contribution in [0.25, 0.3) is 0 Å². The van der Waals surface area contributed by atoms with Crippen molar-refractivity contribution in [3.8, 4) is 0 Å². The molecule has 0 bridgehead atoms. The summed E-state index contributed by atoms with van der Waals surface area (Å²) in [6.07, 6.45) is 65.9. The third kappa shape index (κ3) is 49.8. The normalized spacial score (nSPS) is 14.6. The molecule has 9 heteroatoms. The van der Waals surface area contributed by atoms with Crippen molar-refractivity contribution < 1.29 is 32.9 Å². The molecule has 0 aliphatic rings. The Labute approximate surface area is 408 Å². The van der Waals surface area contributed by atoms with Crippen molar-refractivity contribution in [2.24, 2.45) is 0 Å². The highest BCUT2D eigenvalue weighted by Gasteiger charge is 2.27. The highest BCUT2D eigenvalue weighted by molar-refractivity contribution is 7.47. The largest absolute Gasteiger partial charge is 0.472 e. The van der Waals surface area contributed by atoms with Gasteiger partial charge in [0.25, 0.3) is 0 Å². The molecule has 0 saturated carbocycles. The van der Waals surface area contributed by atoms with Crippen LogP contribution < -0.4 is 5.32 Å². The number of nitrogens with one attached hydrogen (secondary N) is 1. The Morgan fingerprint density at radius 3 is 1.39 bits per heavy atom. The van der Waals surface area contributed by atoms with Crippen molar-refractivity contribution in [1.82, 2.24) is 5.32 Å². The van der Waals surface area contributed by atoms with Gasteiger partial charge in [-0.2, -0.15) is 0 Å². The Hall–Kier alpha value is -2.06. The number of amides is 1. The molecule has 3 N–H and O–H groups in total. The van der Waals surface area contributed by atoms with Crippen LogP contribution in [0.1, 0.15) is 232 Å². The lowest BCUT2D eigenvalue weighted by Gasteiger charge is -2.25. The van der Waals surface area contributed by atoms with Crippen LogP contribution in [0.3, 0.4) is 0 Å². The summed E-state index contributed by atoms with van der Waals surface area (Å²) < 4.78 is 23.6. The number of phosphoric ester groups is 1. The highest BCUT2D eigenvalue weighted by atomic mass is 31.2. The number of likely N-dealkylation sites (N-methyl/N-ethyl adjacent to an activating group) is 1. The molecule has 0 aromatic heterocycles. The first kappa shape index (κ1) is 63.9. The monoisotopic (exact) mass is 946 g/mol. The SMILES string of the molecule is CC/C=C\C/C=C\C/C=C\CCCCCCCC(=O)NC(COP(=O)(O)OCC[N+](C)(C)C)C(O)/C=C/CC/C=C/CC/C=C/CCCCCCCCCCCCCCCCCCCCC. The summed E-state index contributed by atoms with van der Waals surface area (Å²) in [5.74, 6) is -0.210. The topological polar surface area (TPSA) is 105 Å². The van der Waals surface area contributed by atoms with E-state index in [9.17, 15) is 19.4 Å². The van der Waals surface area contributed by atoms with Gasteiger partial charge in [-0.25, -0.2) is 4.57 Å². The summed E-state index contributed by atoms with van der Waals surface area (Å²) in [7, 11) is 1.53. The van der Waals surface area contributed by atoms with Gasteiger partial charge in [-0.3, -0.25) is 13.8 Å². The summed E-state index contributed by atoms with van der Waals surface area (Å²) in [6, 6.07) is -0.883. The molecule has 0 heterocycles. The molecule has 0 saturated heterocycles. The maximum atomic E-state index is 12.9. The van der Waals surface area contributed by atoms with E-state index in [1.54, 1.807) is 6.08 Å². The maximum Gasteiger partial charge on any atom is 0.472 e. The lowest BCUT2D eigenvalue weighted by atomic mass is 10.0. The number of nitrogens with zero attached hydrogens (tertiary/aromatic N) is 1. The number of quaternary nitrogens is 1. The van der Waals surface area contributed by atoms with Crippen LogP contribution >= 0.6 is 7.82 Å². The second-order valence-electron chi connectivity index (χ2n) is 19.6. The Morgan fingerprint density at radius 1 is 0.530 bits per heavy atom.